The molecule has 60 heavy (non-hydrogen) atoms. The van der Waals surface area contributed by atoms with Crippen LogP contribution in [0.1, 0.15) is 97.3 Å². The van der Waals surface area contributed by atoms with E-state index in [0.29, 0.717) is 34.1 Å². The number of carbonyl (C=O) groups is 2. The van der Waals surface area contributed by atoms with E-state index in [4.69, 9.17) is 0 Å². The van der Waals surface area contributed by atoms with Crippen molar-refractivity contribution in [3.8, 4) is 5.75 Å². The Morgan fingerprint density at radius 3 is 2.22 bits per heavy atom. The Balaban J connectivity index is 1.09. The number of pyridine rings is 1. The number of aromatic hydroxyl groups is 1. The molecule has 2 fully saturated rings. The minimum absolute atomic E-state index is 0.0214. The number of benzene rings is 4. The van der Waals surface area contributed by atoms with E-state index in [0.717, 1.165) is 46.7 Å². The monoisotopic (exact) mass is 853 g/mol. The first-order valence-corrected chi connectivity index (χ1v) is 23.8. The third-order valence-corrected chi connectivity index (χ3v) is 16.2. The van der Waals surface area contributed by atoms with Crippen LogP contribution in [0.4, 0.5) is 0 Å². The van der Waals surface area contributed by atoms with Crippen LogP contribution in [0.25, 0.3) is 21.8 Å². The second-order valence-corrected chi connectivity index (χ2v) is 20.5. The molecule has 1 aromatic heterocycles. The molecule has 0 aliphatic heterocycles. The zero-order valence-corrected chi connectivity index (χ0v) is 35.4. The Labute approximate surface area is 351 Å². The fourth-order valence-corrected chi connectivity index (χ4v) is 12.5. The van der Waals surface area contributed by atoms with Crippen molar-refractivity contribution in [3.05, 3.63) is 113 Å². The minimum Gasteiger partial charge on any atom is -0.748 e. The van der Waals surface area contributed by atoms with Gasteiger partial charge in [-0.05, 0) is 116 Å². The van der Waals surface area contributed by atoms with Gasteiger partial charge in [-0.3, -0.25) is 9.59 Å². The van der Waals surface area contributed by atoms with Gasteiger partial charge in [-0.15, -0.1) is 0 Å². The third-order valence-electron chi connectivity index (χ3n) is 13.6. The van der Waals surface area contributed by atoms with Gasteiger partial charge < -0.3 is 20.1 Å². The summed E-state index contributed by atoms with van der Waals surface area (Å²) in [7, 11) is -8.92. The maximum absolute atomic E-state index is 15.0. The maximum atomic E-state index is 15.0. The van der Waals surface area contributed by atoms with Crippen molar-refractivity contribution in [1.82, 2.24) is 9.62 Å². The van der Waals surface area contributed by atoms with Crippen LogP contribution in [0.15, 0.2) is 95.9 Å². The molecule has 316 valence electrons. The number of para-hydroxylation sites is 2. The number of aryl methyl sites for hydroxylation is 2. The lowest BCUT2D eigenvalue weighted by Gasteiger charge is -2.51. The van der Waals surface area contributed by atoms with E-state index in [1.54, 1.807) is 72.8 Å². The Kier molecular flexibility index (Phi) is 11.3. The van der Waals surface area contributed by atoms with Crippen molar-refractivity contribution >= 4 is 53.8 Å². The number of amides is 2. The van der Waals surface area contributed by atoms with E-state index < -0.39 is 37.8 Å². The van der Waals surface area contributed by atoms with E-state index in [-0.39, 0.29) is 77.8 Å². The van der Waals surface area contributed by atoms with Crippen LogP contribution in [-0.2, 0) is 31.5 Å². The zero-order valence-electron chi connectivity index (χ0n) is 33.8. The topological polar surface area (TPSA) is 185 Å². The lowest BCUT2D eigenvalue weighted by atomic mass is 9.54. The largest absolute Gasteiger partial charge is 0.748 e. The average Bonchev–Trinajstić information content (AvgIpc) is 3.52. The van der Waals surface area contributed by atoms with Gasteiger partial charge in [-0.1, -0.05) is 55.0 Å². The van der Waals surface area contributed by atoms with Crippen LogP contribution in [0.2, 0.25) is 0 Å². The standard InChI is InChI=1S/C46H51N3O9S2/c1-29-14-17-31(18-15-29)60(57,58)49(45(53)44-34-9-3-5-11-40(34)48(24-8-26-59(54,55)56)41-12-6-4-10-35(41)44)25-7-13-43(52)47-39-28-36-33(32-19-16-30(50)27-37(32)39)22-23-46(2)38(36)20-21-42(46)51/h3-6,9-12,14-19,27,33,36,38-39,42,51H,7-8,13,20-26,28H2,1-2H3,(H2-,47,50,52,54,55,56)/t33-,36-,38+,39+,42+,46+/m1/s1. The first kappa shape index (κ1) is 41.8. The van der Waals surface area contributed by atoms with Crippen LogP contribution in [0, 0.1) is 24.2 Å². The van der Waals surface area contributed by atoms with Crippen LogP contribution in [0.3, 0.4) is 0 Å². The molecule has 5 aromatic rings. The highest BCUT2D eigenvalue weighted by molar-refractivity contribution is 7.89. The Morgan fingerprint density at radius 1 is 0.883 bits per heavy atom. The maximum Gasteiger partial charge on any atom is 0.269 e. The fourth-order valence-electron chi connectivity index (χ4n) is 10.6. The van der Waals surface area contributed by atoms with Gasteiger partial charge in [-0.2, -0.15) is 4.57 Å². The molecule has 0 saturated heterocycles. The number of hydrogen-bond acceptors (Lipinski definition) is 9. The number of sulfonamides is 1. The van der Waals surface area contributed by atoms with E-state index in [1.807, 2.05) is 17.6 Å². The van der Waals surface area contributed by atoms with Gasteiger partial charge in [-0.25, -0.2) is 21.1 Å². The molecular weight excluding hydrogens is 803 g/mol. The van der Waals surface area contributed by atoms with Gasteiger partial charge in [0.2, 0.25) is 16.9 Å². The molecule has 14 heteroatoms. The van der Waals surface area contributed by atoms with Gasteiger partial charge >= 0.3 is 0 Å². The summed E-state index contributed by atoms with van der Waals surface area (Å²) in [6, 6.07) is 25.2. The van der Waals surface area contributed by atoms with Gasteiger partial charge in [0.1, 0.15) is 5.75 Å². The van der Waals surface area contributed by atoms with Gasteiger partial charge in [0.25, 0.3) is 15.9 Å². The SMILES string of the molecule is Cc1ccc(S(=O)(=O)N(CCCC(=O)N[C@H]2C[C@@H]3[C@H](CC[C@]4(C)[C@@H](O)CC[C@@H]34)c3ccc(O)cc32)C(=O)c2c3ccccc3[n+](CCCS(=O)(=O)[O-])c3ccccc23)cc1. The number of rotatable bonds is 12. The summed E-state index contributed by atoms with van der Waals surface area (Å²) >= 11 is 0. The number of aliphatic hydroxyl groups is 1. The molecule has 6 atom stereocenters. The van der Waals surface area contributed by atoms with Crippen molar-refractivity contribution in [1.29, 1.82) is 0 Å². The molecule has 3 N–H and O–H groups in total. The normalized spacial score (nSPS) is 23.8. The van der Waals surface area contributed by atoms with Gasteiger partial charge in [0.05, 0.1) is 43.5 Å². The van der Waals surface area contributed by atoms with Crippen LogP contribution >= 0.6 is 0 Å². The van der Waals surface area contributed by atoms with Crippen LogP contribution < -0.4 is 9.88 Å². The molecule has 2 saturated carbocycles. The molecule has 4 aromatic carbocycles. The molecule has 12 nitrogen and oxygen atoms in total. The van der Waals surface area contributed by atoms with E-state index in [2.05, 4.69) is 12.2 Å². The molecule has 3 aliphatic carbocycles. The summed E-state index contributed by atoms with van der Waals surface area (Å²) in [6.45, 7) is 3.88. The summed E-state index contributed by atoms with van der Waals surface area (Å²) in [5.41, 5.74) is 3.89. The third kappa shape index (κ3) is 7.78. The smallest absolute Gasteiger partial charge is 0.269 e. The fraction of sp³-hybridized carbons (Fsp3) is 0.413. The Morgan fingerprint density at radius 2 is 1.55 bits per heavy atom. The molecule has 0 bridgehead atoms. The van der Waals surface area contributed by atoms with E-state index >= 15 is 4.79 Å². The Hall–Kier alpha value is -4.89. The van der Waals surface area contributed by atoms with Crippen molar-refractivity contribution in [2.75, 3.05) is 12.3 Å². The predicted molar refractivity (Wildman–Crippen MR) is 225 cm³/mol. The van der Waals surface area contributed by atoms with Crippen molar-refractivity contribution in [2.45, 2.75) is 94.7 Å². The van der Waals surface area contributed by atoms with E-state index in [9.17, 15) is 36.4 Å². The number of phenols is 1. The molecule has 3 aliphatic rings. The minimum atomic E-state index is -4.47. The first-order valence-electron chi connectivity index (χ1n) is 20.8. The predicted octanol–water partition coefficient (Wildman–Crippen LogP) is 6.37. The molecule has 2 amide bonds. The first-order chi connectivity index (χ1) is 28.6. The highest BCUT2D eigenvalue weighted by Crippen LogP contribution is 2.62. The summed E-state index contributed by atoms with van der Waals surface area (Å²) in [5, 5.41) is 25.6. The lowest BCUT2D eigenvalue weighted by molar-refractivity contribution is -0.645. The number of carbonyl (C=O) groups excluding carboxylic acids is 2. The number of nitrogens with one attached hydrogen (secondary N) is 1. The van der Waals surface area contributed by atoms with Crippen molar-refractivity contribution in [2.24, 2.45) is 17.3 Å². The second kappa shape index (κ2) is 16.2. The highest BCUT2D eigenvalue weighted by Gasteiger charge is 2.55. The number of phenolic OH excluding ortho intramolecular Hbond substituents is 1. The number of aromatic nitrogens is 1. The number of hydrogen-bond donors (Lipinski definition) is 3. The quantitative estimate of drug-likeness (QED) is 0.0729. The summed E-state index contributed by atoms with van der Waals surface area (Å²) in [5.74, 6) is -0.745. The van der Waals surface area contributed by atoms with Gasteiger partial charge in [0.15, 0.2) is 6.54 Å². The summed E-state index contributed by atoms with van der Waals surface area (Å²) in [4.78, 5) is 28.8. The van der Waals surface area contributed by atoms with Crippen LogP contribution in [-0.4, -0.2) is 66.1 Å². The number of fused-ring (bicyclic) bond motifs is 7. The molecule has 0 spiro atoms. The summed E-state index contributed by atoms with van der Waals surface area (Å²) in [6.07, 6.45) is 3.80. The molecule has 8 rings (SSSR count). The lowest BCUT2D eigenvalue weighted by Crippen LogP contribution is -2.46. The Bertz CT molecular complexity index is 2650. The van der Waals surface area contributed by atoms with Crippen LogP contribution in [0.5, 0.6) is 5.75 Å². The molecule has 0 unspecified atom stereocenters. The highest BCUT2D eigenvalue weighted by atomic mass is 32.2. The molecular formula is C46H51N3O9S2. The zero-order chi connectivity index (χ0) is 42.6. The molecule has 1 heterocycles. The van der Waals surface area contributed by atoms with Crippen molar-refractivity contribution < 1.29 is 45.8 Å². The summed E-state index contributed by atoms with van der Waals surface area (Å²) < 4.78 is 66.2. The number of aliphatic hydroxyl groups excluding tert-OH is 1. The number of nitrogens with zero attached hydrogens (tertiary/aromatic N) is 2. The van der Waals surface area contributed by atoms with Crippen molar-refractivity contribution in [3.63, 3.8) is 0 Å². The van der Waals surface area contributed by atoms with Gasteiger partial charge in [0, 0.05) is 37.3 Å². The average molecular weight is 854 g/mol. The molecule has 0 radical (unpaired) electrons. The second-order valence-electron chi connectivity index (χ2n) is 17.2. The van der Waals surface area contributed by atoms with E-state index in [1.165, 1.54) is 12.1 Å².